The van der Waals surface area contributed by atoms with Gasteiger partial charge in [-0.1, -0.05) is 5.92 Å². The molecule has 1 aromatic heterocycles. The molecule has 0 atom stereocenters. The van der Waals surface area contributed by atoms with Crippen LogP contribution in [0.25, 0.3) is 11.1 Å². The number of aromatic nitrogens is 1. The van der Waals surface area contributed by atoms with Crippen LogP contribution < -0.4 is 10.2 Å². The first-order chi connectivity index (χ1) is 17.6. The molecule has 37 heavy (non-hydrogen) atoms. The zero-order chi connectivity index (χ0) is 26.7. The zero-order valence-corrected chi connectivity index (χ0v) is 21.2. The van der Waals surface area contributed by atoms with Crippen molar-refractivity contribution in [2.75, 3.05) is 36.5 Å². The van der Waals surface area contributed by atoms with Crippen molar-refractivity contribution in [3.05, 3.63) is 76.6 Å². The largest absolute Gasteiger partial charge is 0.378 e. The number of nitrogens with zero attached hydrogens (tertiary/aromatic N) is 2. The summed E-state index contributed by atoms with van der Waals surface area (Å²) < 4.78 is 48.8. The van der Waals surface area contributed by atoms with Gasteiger partial charge in [0.15, 0.2) is 0 Å². The number of rotatable bonds is 5. The van der Waals surface area contributed by atoms with Crippen molar-refractivity contribution in [3.8, 4) is 23.0 Å². The van der Waals surface area contributed by atoms with Gasteiger partial charge in [0.2, 0.25) is 0 Å². The van der Waals surface area contributed by atoms with Crippen LogP contribution in [0.2, 0.25) is 0 Å². The molecule has 192 valence electrons. The lowest BCUT2D eigenvalue weighted by atomic mass is 9.97. The predicted molar refractivity (Wildman–Crippen MR) is 138 cm³/mol. The van der Waals surface area contributed by atoms with E-state index in [4.69, 9.17) is 4.74 Å². The minimum atomic E-state index is -1.98. The Balaban J connectivity index is 1.70. The van der Waals surface area contributed by atoms with E-state index in [1.807, 2.05) is 6.07 Å². The zero-order valence-electron chi connectivity index (χ0n) is 21.2. The van der Waals surface area contributed by atoms with E-state index < -0.39 is 23.2 Å². The van der Waals surface area contributed by atoms with Gasteiger partial charge in [0.1, 0.15) is 23.0 Å². The van der Waals surface area contributed by atoms with Gasteiger partial charge in [-0.05, 0) is 81.1 Å². The van der Waals surface area contributed by atoms with Crippen LogP contribution in [-0.4, -0.2) is 37.2 Å². The van der Waals surface area contributed by atoms with Gasteiger partial charge < -0.3 is 15.0 Å². The van der Waals surface area contributed by atoms with Crippen molar-refractivity contribution in [2.45, 2.75) is 33.4 Å². The second-order valence-electron chi connectivity index (χ2n) is 9.33. The molecule has 1 amide bonds. The number of anilines is 2. The van der Waals surface area contributed by atoms with Crippen molar-refractivity contribution in [1.82, 2.24) is 4.98 Å². The summed E-state index contributed by atoms with van der Waals surface area (Å²) >= 11 is 0. The minimum absolute atomic E-state index is 0.0161. The Bertz CT molecular complexity index is 1400. The molecular weight excluding hydrogens is 479 g/mol. The third-order valence-corrected chi connectivity index (χ3v) is 6.21. The lowest BCUT2D eigenvalue weighted by molar-refractivity contribution is 0.102. The number of alkyl halides is 1. The molecule has 0 saturated carbocycles. The molecule has 1 fully saturated rings. The van der Waals surface area contributed by atoms with Gasteiger partial charge in [-0.2, -0.15) is 0 Å². The minimum Gasteiger partial charge on any atom is -0.378 e. The van der Waals surface area contributed by atoms with E-state index in [9.17, 15) is 18.0 Å². The molecule has 1 saturated heterocycles. The van der Waals surface area contributed by atoms with Crippen molar-refractivity contribution in [2.24, 2.45) is 0 Å². The standard InChI is InChI=1S/C29H28F3N3O2/c1-5-6-25-27(35-9-11-37-12-10-35)15-20(17-33-25)21-16-26(24(31)13-18(21)2)34-28(36)19-7-8-23(30)22(14-19)29(3,4)32/h7-8,13-17H,9-12H2,1-4H3,(H,34,36). The Morgan fingerprint density at radius 3 is 2.51 bits per heavy atom. The first-order valence-corrected chi connectivity index (χ1v) is 11.9. The van der Waals surface area contributed by atoms with Crippen LogP contribution in [-0.2, 0) is 10.4 Å². The summed E-state index contributed by atoms with van der Waals surface area (Å²) in [6.07, 6.45) is 1.67. The topological polar surface area (TPSA) is 54.5 Å². The predicted octanol–water partition coefficient (Wildman–Crippen LogP) is 6.00. The second kappa shape index (κ2) is 10.7. The number of aryl methyl sites for hydroxylation is 1. The molecule has 1 N–H and O–H groups in total. The van der Waals surface area contributed by atoms with E-state index in [0.29, 0.717) is 43.1 Å². The van der Waals surface area contributed by atoms with Crippen molar-refractivity contribution in [3.63, 3.8) is 0 Å². The Morgan fingerprint density at radius 1 is 1.11 bits per heavy atom. The van der Waals surface area contributed by atoms with Gasteiger partial charge in [0.05, 0.1) is 24.6 Å². The van der Waals surface area contributed by atoms with Crippen LogP contribution in [0, 0.1) is 30.4 Å². The van der Waals surface area contributed by atoms with Gasteiger partial charge in [0, 0.05) is 36.0 Å². The molecule has 0 bridgehead atoms. The maximum Gasteiger partial charge on any atom is 0.255 e. The van der Waals surface area contributed by atoms with E-state index in [2.05, 4.69) is 27.0 Å². The molecule has 0 aliphatic carbocycles. The molecule has 3 aromatic rings. The maximum atomic E-state index is 14.9. The van der Waals surface area contributed by atoms with E-state index >= 15 is 0 Å². The molecule has 5 nitrogen and oxygen atoms in total. The molecule has 0 spiro atoms. The van der Waals surface area contributed by atoms with Gasteiger partial charge in [-0.15, -0.1) is 0 Å². The molecule has 0 unspecified atom stereocenters. The summed E-state index contributed by atoms with van der Waals surface area (Å²) in [5.74, 6) is 3.86. The number of hydrogen-bond donors (Lipinski definition) is 1. The lowest BCUT2D eigenvalue weighted by Gasteiger charge is -2.29. The van der Waals surface area contributed by atoms with Crippen molar-refractivity contribution >= 4 is 17.3 Å². The summed E-state index contributed by atoms with van der Waals surface area (Å²) in [5.41, 5.74) is 1.30. The Hall–Kier alpha value is -3.83. The van der Waals surface area contributed by atoms with Crippen LogP contribution in [0.3, 0.4) is 0 Å². The van der Waals surface area contributed by atoms with E-state index in [-0.39, 0.29) is 16.8 Å². The lowest BCUT2D eigenvalue weighted by Crippen LogP contribution is -2.36. The normalized spacial score (nSPS) is 13.6. The molecular formula is C29H28F3N3O2. The number of carbonyl (C=O) groups is 1. The molecule has 8 heteroatoms. The molecule has 2 heterocycles. The Kier molecular flexibility index (Phi) is 7.55. The van der Waals surface area contributed by atoms with E-state index in [0.717, 1.165) is 23.4 Å². The van der Waals surface area contributed by atoms with E-state index in [1.165, 1.54) is 32.0 Å². The van der Waals surface area contributed by atoms with Crippen LogP contribution in [0.4, 0.5) is 24.5 Å². The molecule has 0 radical (unpaired) electrons. The fraction of sp³-hybridized carbons (Fsp3) is 0.310. The first-order valence-electron chi connectivity index (χ1n) is 11.9. The molecule has 1 aliphatic heterocycles. The summed E-state index contributed by atoms with van der Waals surface area (Å²) in [7, 11) is 0. The highest BCUT2D eigenvalue weighted by atomic mass is 19.1. The fourth-order valence-electron chi connectivity index (χ4n) is 4.26. The molecule has 4 rings (SSSR count). The number of carbonyl (C=O) groups excluding carboxylic acids is 1. The average molecular weight is 508 g/mol. The van der Waals surface area contributed by atoms with Crippen molar-refractivity contribution in [1.29, 1.82) is 0 Å². The van der Waals surface area contributed by atoms with Gasteiger partial charge >= 0.3 is 0 Å². The highest BCUT2D eigenvalue weighted by Gasteiger charge is 2.25. The summed E-state index contributed by atoms with van der Waals surface area (Å²) in [5, 5.41) is 2.54. The SMILES string of the molecule is CC#Cc1ncc(-c2cc(NC(=O)c3ccc(F)c(C(C)(C)F)c3)c(F)cc2C)cc1N1CCOCC1. The van der Waals surface area contributed by atoms with E-state index in [1.54, 1.807) is 20.0 Å². The molecule has 1 aliphatic rings. The number of morpholine rings is 1. The number of ether oxygens (including phenoxy) is 1. The number of nitrogens with one attached hydrogen (secondary N) is 1. The number of hydrogen-bond acceptors (Lipinski definition) is 4. The van der Waals surface area contributed by atoms with Gasteiger partial charge in [0.25, 0.3) is 5.91 Å². The Morgan fingerprint density at radius 2 is 1.84 bits per heavy atom. The third-order valence-electron chi connectivity index (χ3n) is 6.21. The number of amides is 1. The fourth-order valence-corrected chi connectivity index (χ4v) is 4.26. The molecule has 2 aromatic carbocycles. The highest BCUT2D eigenvalue weighted by molar-refractivity contribution is 6.04. The summed E-state index contributed by atoms with van der Waals surface area (Å²) in [4.78, 5) is 19.6. The van der Waals surface area contributed by atoms with Crippen molar-refractivity contribution < 1.29 is 22.7 Å². The average Bonchev–Trinajstić information content (AvgIpc) is 2.86. The quantitative estimate of drug-likeness (QED) is 0.431. The first kappa shape index (κ1) is 26.2. The monoisotopic (exact) mass is 507 g/mol. The number of benzene rings is 2. The highest BCUT2D eigenvalue weighted by Crippen LogP contribution is 2.33. The van der Waals surface area contributed by atoms with Crippen LogP contribution in [0.1, 0.15) is 48.0 Å². The second-order valence-corrected chi connectivity index (χ2v) is 9.33. The van der Waals surface area contributed by atoms with Gasteiger partial charge in [-0.3, -0.25) is 4.79 Å². The summed E-state index contributed by atoms with van der Waals surface area (Å²) in [6, 6.07) is 8.24. The van der Waals surface area contributed by atoms with Crippen LogP contribution in [0.5, 0.6) is 0 Å². The smallest absolute Gasteiger partial charge is 0.255 e. The number of halogens is 3. The van der Waals surface area contributed by atoms with Gasteiger partial charge in [-0.25, -0.2) is 18.2 Å². The third kappa shape index (κ3) is 5.78. The Labute approximate surface area is 214 Å². The van der Waals surface area contributed by atoms with Crippen LogP contribution >= 0.6 is 0 Å². The van der Waals surface area contributed by atoms with Crippen LogP contribution in [0.15, 0.2) is 42.6 Å². The summed E-state index contributed by atoms with van der Waals surface area (Å²) in [6.45, 7) is 8.51. The number of pyridine rings is 1. The maximum absolute atomic E-state index is 14.9.